The minimum absolute atomic E-state index is 0.177. The van der Waals surface area contributed by atoms with Crippen LogP contribution in [0.15, 0.2) is 24.4 Å². The molecule has 1 atom stereocenters. The van der Waals surface area contributed by atoms with Crippen molar-refractivity contribution in [2.24, 2.45) is 0 Å². The molecule has 2 aliphatic rings. The first-order valence-electron chi connectivity index (χ1n) is 9.30. The molecule has 0 bridgehead atoms. The van der Waals surface area contributed by atoms with Crippen molar-refractivity contribution < 1.29 is 9.53 Å². The van der Waals surface area contributed by atoms with E-state index in [-0.39, 0.29) is 6.09 Å². The Morgan fingerprint density at radius 1 is 1.16 bits per heavy atom. The zero-order valence-corrected chi connectivity index (χ0v) is 15.6. The van der Waals surface area contributed by atoms with Gasteiger partial charge < -0.3 is 14.5 Å². The fraction of sp³-hybridized carbons (Fsp3) is 0.684. The van der Waals surface area contributed by atoms with Crippen LogP contribution < -0.4 is 4.90 Å². The van der Waals surface area contributed by atoms with Crippen molar-refractivity contribution in [2.45, 2.75) is 45.3 Å². The lowest BCUT2D eigenvalue weighted by Crippen LogP contribution is -2.56. The second-order valence-corrected chi connectivity index (χ2v) is 7.93. The van der Waals surface area contributed by atoms with Crippen LogP contribution in [0.1, 0.15) is 33.6 Å². The van der Waals surface area contributed by atoms with Gasteiger partial charge in [-0.2, -0.15) is 0 Å². The topological polar surface area (TPSA) is 48.9 Å². The number of pyridine rings is 1. The van der Waals surface area contributed by atoms with Crippen LogP contribution >= 0.6 is 0 Å². The Hall–Kier alpha value is -1.82. The van der Waals surface area contributed by atoms with E-state index in [1.807, 2.05) is 44.0 Å². The summed E-state index contributed by atoms with van der Waals surface area (Å²) in [7, 11) is 0. The molecule has 0 aliphatic carbocycles. The molecule has 0 aromatic carbocycles. The number of amides is 1. The maximum atomic E-state index is 12.3. The van der Waals surface area contributed by atoms with E-state index in [4.69, 9.17) is 4.74 Å². The summed E-state index contributed by atoms with van der Waals surface area (Å²) >= 11 is 0. The molecule has 0 radical (unpaired) electrons. The highest BCUT2D eigenvalue weighted by molar-refractivity contribution is 5.68. The van der Waals surface area contributed by atoms with Gasteiger partial charge in [-0.05, 0) is 45.7 Å². The minimum Gasteiger partial charge on any atom is -0.444 e. The third-order valence-electron chi connectivity index (χ3n) is 4.85. The fourth-order valence-corrected chi connectivity index (χ4v) is 3.60. The van der Waals surface area contributed by atoms with Crippen molar-refractivity contribution >= 4 is 11.9 Å². The van der Waals surface area contributed by atoms with Crippen molar-refractivity contribution in [3.63, 3.8) is 0 Å². The number of carbonyl (C=O) groups excluding carboxylic acids is 1. The number of nitrogens with zero attached hydrogens (tertiary/aromatic N) is 4. The second kappa shape index (κ2) is 7.60. The monoisotopic (exact) mass is 346 g/mol. The van der Waals surface area contributed by atoms with Crippen molar-refractivity contribution in [3.05, 3.63) is 24.4 Å². The molecule has 3 heterocycles. The van der Waals surface area contributed by atoms with E-state index >= 15 is 0 Å². The highest BCUT2D eigenvalue weighted by Crippen LogP contribution is 2.21. The first-order valence-corrected chi connectivity index (χ1v) is 9.30. The Bertz CT molecular complexity index is 565. The summed E-state index contributed by atoms with van der Waals surface area (Å²) < 4.78 is 5.54. The standard InChI is InChI=1S/C19H30N4O2/c1-19(2,3)25-18(24)23-10-6-7-16(15-23)21-11-13-22(14-12-21)17-8-4-5-9-20-17/h4-5,8-9,16H,6-7,10-15H2,1-3H3. The van der Waals surface area contributed by atoms with Crippen molar-refractivity contribution in [1.82, 2.24) is 14.8 Å². The lowest BCUT2D eigenvalue weighted by molar-refractivity contribution is 0.0101. The molecule has 2 saturated heterocycles. The van der Waals surface area contributed by atoms with Gasteiger partial charge in [-0.1, -0.05) is 6.07 Å². The molecule has 1 aromatic heterocycles. The molecule has 25 heavy (non-hydrogen) atoms. The first-order chi connectivity index (χ1) is 11.9. The van der Waals surface area contributed by atoms with E-state index in [9.17, 15) is 4.79 Å². The Kier molecular flexibility index (Phi) is 5.47. The van der Waals surface area contributed by atoms with Crippen LogP contribution in [0, 0.1) is 0 Å². The van der Waals surface area contributed by atoms with Crippen LogP contribution in [0.3, 0.4) is 0 Å². The predicted molar refractivity (Wildman–Crippen MR) is 98.9 cm³/mol. The highest BCUT2D eigenvalue weighted by Gasteiger charge is 2.32. The van der Waals surface area contributed by atoms with Gasteiger partial charge in [0.1, 0.15) is 11.4 Å². The Labute approximate surface area is 150 Å². The summed E-state index contributed by atoms with van der Waals surface area (Å²) in [5, 5.41) is 0. The van der Waals surface area contributed by atoms with Gasteiger partial charge >= 0.3 is 6.09 Å². The zero-order chi connectivity index (χ0) is 17.9. The summed E-state index contributed by atoms with van der Waals surface area (Å²) in [5.41, 5.74) is -0.432. The van der Waals surface area contributed by atoms with Gasteiger partial charge in [0.2, 0.25) is 0 Å². The molecule has 2 aliphatic heterocycles. The predicted octanol–water partition coefficient (Wildman–Crippen LogP) is 2.60. The van der Waals surface area contributed by atoms with Gasteiger partial charge in [0.25, 0.3) is 0 Å². The van der Waals surface area contributed by atoms with E-state index in [1.54, 1.807) is 0 Å². The van der Waals surface area contributed by atoms with Crippen LogP contribution in [-0.2, 0) is 4.74 Å². The number of carbonyl (C=O) groups is 1. The van der Waals surface area contributed by atoms with E-state index in [0.29, 0.717) is 6.04 Å². The number of hydrogen-bond donors (Lipinski definition) is 0. The molecule has 0 spiro atoms. The Morgan fingerprint density at radius 2 is 1.92 bits per heavy atom. The maximum absolute atomic E-state index is 12.3. The third kappa shape index (κ3) is 4.84. The highest BCUT2D eigenvalue weighted by atomic mass is 16.6. The third-order valence-corrected chi connectivity index (χ3v) is 4.85. The number of likely N-dealkylation sites (tertiary alicyclic amines) is 1. The molecule has 0 N–H and O–H groups in total. The maximum Gasteiger partial charge on any atom is 0.410 e. The molecule has 6 nitrogen and oxygen atoms in total. The summed E-state index contributed by atoms with van der Waals surface area (Å²) in [6.45, 7) is 11.3. The summed E-state index contributed by atoms with van der Waals surface area (Å²) in [5.74, 6) is 1.06. The van der Waals surface area contributed by atoms with E-state index in [1.165, 1.54) is 0 Å². The van der Waals surface area contributed by atoms with Crippen LogP contribution in [0.5, 0.6) is 0 Å². The molecule has 138 valence electrons. The lowest BCUT2D eigenvalue weighted by Gasteiger charge is -2.43. The second-order valence-electron chi connectivity index (χ2n) is 7.93. The minimum atomic E-state index is -0.432. The zero-order valence-electron chi connectivity index (χ0n) is 15.6. The summed E-state index contributed by atoms with van der Waals surface area (Å²) in [6.07, 6.45) is 3.87. The van der Waals surface area contributed by atoms with Gasteiger partial charge in [-0.3, -0.25) is 4.90 Å². The number of piperazine rings is 1. The van der Waals surface area contributed by atoms with Crippen LogP contribution in [-0.4, -0.2) is 71.8 Å². The SMILES string of the molecule is CC(C)(C)OC(=O)N1CCCC(N2CCN(c3ccccn3)CC2)C1. The van der Waals surface area contributed by atoms with Gasteiger partial charge in [-0.15, -0.1) is 0 Å². The average Bonchev–Trinajstić information content (AvgIpc) is 2.61. The molecular weight excluding hydrogens is 316 g/mol. The van der Waals surface area contributed by atoms with Crippen molar-refractivity contribution in [2.75, 3.05) is 44.2 Å². The van der Waals surface area contributed by atoms with E-state index in [2.05, 4.69) is 20.9 Å². The molecule has 1 amide bonds. The smallest absolute Gasteiger partial charge is 0.410 e. The number of hydrogen-bond acceptors (Lipinski definition) is 5. The van der Waals surface area contributed by atoms with E-state index in [0.717, 1.165) is 57.9 Å². The fourth-order valence-electron chi connectivity index (χ4n) is 3.60. The summed E-state index contributed by atoms with van der Waals surface area (Å²) in [4.78, 5) is 23.5. The van der Waals surface area contributed by atoms with E-state index < -0.39 is 5.60 Å². The summed E-state index contributed by atoms with van der Waals surface area (Å²) in [6, 6.07) is 6.49. The average molecular weight is 346 g/mol. The Morgan fingerprint density at radius 3 is 2.56 bits per heavy atom. The van der Waals surface area contributed by atoms with Crippen LogP contribution in [0.2, 0.25) is 0 Å². The normalized spacial score (nSPS) is 22.8. The molecule has 2 fully saturated rings. The van der Waals surface area contributed by atoms with Gasteiger partial charge in [0.15, 0.2) is 0 Å². The first kappa shape index (κ1) is 18.0. The molecule has 3 rings (SSSR count). The van der Waals surface area contributed by atoms with Gasteiger partial charge in [0, 0.05) is 51.5 Å². The van der Waals surface area contributed by atoms with Crippen LogP contribution in [0.4, 0.5) is 10.6 Å². The molecule has 6 heteroatoms. The molecule has 1 unspecified atom stereocenters. The Balaban J connectivity index is 1.52. The molecule has 1 aromatic rings. The molecule has 0 saturated carbocycles. The van der Waals surface area contributed by atoms with Gasteiger partial charge in [0.05, 0.1) is 0 Å². The van der Waals surface area contributed by atoms with Crippen molar-refractivity contribution in [1.29, 1.82) is 0 Å². The van der Waals surface area contributed by atoms with Gasteiger partial charge in [-0.25, -0.2) is 9.78 Å². The lowest BCUT2D eigenvalue weighted by atomic mass is 10.0. The quantitative estimate of drug-likeness (QED) is 0.824. The number of aromatic nitrogens is 1. The number of piperidine rings is 1. The number of anilines is 1. The molecular formula is C19H30N4O2. The van der Waals surface area contributed by atoms with Crippen LogP contribution in [0.25, 0.3) is 0 Å². The largest absolute Gasteiger partial charge is 0.444 e. The number of ether oxygens (including phenoxy) is 1. The number of rotatable bonds is 2. The van der Waals surface area contributed by atoms with Crippen molar-refractivity contribution in [3.8, 4) is 0 Å².